The zero-order chi connectivity index (χ0) is 22.9. The van der Waals surface area contributed by atoms with Crippen LogP contribution in [-0.2, 0) is 16.6 Å². The van der Waals surface area contributed by atoms with Crippen LogP contribution in [0.2, 0.25) is 0 Å². The summed E-state index contributed by atoms with van der Waals surface area (Å²) in [6.07, 6.45) is 0. The fourth-order valence-electron chi connectivity index (χ4n) is 3.52. The molecule has 0 spiro atoms. The lowest BCUT2D eigenvalue weighted by molar-refractivity contribution is 0.0981. The number of amides is 1. The summed E-state index contributed by atoms with van der Waals surface area (Å²) in [6.45, 7) is 3.84. The summed E-state index contributed by atoms with van der Waals surface area (Å²) in [5.74, 6) is -0.362. The van der Waals surface area contributed by atoms with E-state index in [-0.39, 0.29) is 17.1 Å². The first-order chi connectivity index (χ1) is 15.3. The first-order valence-corrected chi connectivity index (χ1v) is 11.8. The zero-order valence-corrected chi connectivity index (χ0v) is 18.5. The predicted molar refractivity (Wildman–Crippen MR) is 122 cm³/mol. The van der Waals surface area contributed by atoms with Crippen LogP contribution in [0, 0.1) is 12.7 Å². The van der Waals surface area contributed by atoms with Crippen LogP contribution in [-0.4, -0.2) is 29.6 Å². The van der Waals surface area contributed by atoms with Gasteiger partial charge in [0.05, 0.1) is 16.8 Å². The van der Waals surface area contributed by atoms with Gasteiger partial charge in [0.15, 0.2) is 0 Å². The fourth-order valence-corrected chi connectivity index (χ4v) is 4.07. The monoisotopic (exact) mass is 451 g/mol. The van der Waals surface area contributed by atoms with Crippen LogP contribution in [0.15, 0.2) is 66.7 Å². The molecule has 0 aliphatic carbocycles. The highest BCUT2D eigenvalue weighted by Crippen LogP contribution is 2.24. The number of halogens is 1. The molecule has 0 unspecified atom stereocenters. The second kappa shape index (κ2) is 8.55. The van der Waals surface area contributed by atoms with Crippen LogP contribution >= 0.6 is 0 Å². The molecule has 0 saturated carbocycles. The molecule has 3 aromatic carbocycles. The molecule has 0 aliphatic rings. The summed E-state index contributed by atoms with van der Waals surface area (Å²) in [7, 11) is -3.65. The van der Waals surface area contributed by atoms with Crippen LogP contribution in [0.4, 0.5) is 4.39 Å². The molecule has 1 heterocycles. The van der Waals surface area contributed by atoms with Gasteiger partial charge in [0.2, 0.25) is 10.0 Å². The summed E-state index contributed by atoms with van der Waals surface area (Å²) in [5.41, 5.74) is 3.99. The molecule has 32 heavy (non-hydrogen) atoms. The first kappa shape index (κ1) is 21.7. The molecular formula is C24H22FN3O3S. The molecule has 8 heteroatoms. The molecule has 6 nitrogen and oxygen atoms in total. The van der Waals surface area contributed by atoms with Gasteiger partial charge in [-0.25, -0.2) is 22.5 Å². The Morgan fingerprint density at radius 2 is 1.78 bits per heavy atom. The summed E-state index contributed by atoms with van der Waals surface area (Å²) in [6, 6.07) is 19.1. The van der Waals surface area contributed by atoms with Gasteiger partial charge in [-0.3, -0.25) is 4.79 Å². The van der Waals surface area contributed by atoms with Gasteiger partial charge in [-0.2, -0.15) is 0 Å². The largest absolute Gasteiger partial charge is 0.324 e. The highest BCUT2D eigenvalue weighted by atomic mass is 32.2. The molecule has 4 aromatic rings. The van der Waals surface area contributed by atoms with Crippen molar-refractivity contribution < 1.29 is 17.6 Å². The average Bonchev–Trinajstić information content (AvgIpc) is 3.09. The molecule has 1 amide bonds. The summed E-state index contributed by atoms with van der Waals surface area (Å²) >= 11 is 0. The van der Waals surface area contributed by atoms with E-state index in [1.807, 2.05) is 35.8 Å². The number of fused-ring (bicyclic) bond motifs is 1. The quantitative estimate of drug-likeness (QED) is 0.475. The average molecular weight is 452 g/mol. The second-order valence-corrected chi connectivity index (χ2v) is 9.47. The van der Waals surface area contributed by atoms with Crippen molar-refractivity contribution in [3.63, 3.8) is 0 Å². The molecule has 1 N–H and O–H groups in total. The topological polar surface area (TPSA) is 81.1 Å². The molecule has 1 aromatic heterocycles. The minimum atomic E-state index is -3.65. The molecule has 0 saturated heterocycles. The third-order valence-corrected chi connectivity index (χ3v) is 6.57. The van der Waals surface area contributed by atoms with Crippen LogP contribution in [0.3, 0.4) is 0 Å². The van der Waals surface area contributed by atoms with Gasteiger partial charge in [0.1, 0.15) is 11.6 Å². The van der Waals surface area contributed by atoms with Gasteiger partial charge in [-0.15, -0.1) is 0 Å². The van der Waals surface area contributed by atoms with Crippen molar-refractivity contribution in [3.8, 4) is 11.1 Å². The van der Waals surface area contributed by atoms with Crippen molar-refractivity contribution in [2.24, 2.45) is 0 Å². The van der Waals surface area contributed by atoms with Crippen LogP contribution < -0.4 is 4.72 Å². The van der Waals surface area contributed by atoms with Gasteiger partial charge >= 0.3 is 0 Å². The van der Waals surface area contributed by atoms with E-state index < -0.39 is 15.9 Å². The van der Waals surface area contributed by atoms with E-state index in [0.717, 1.165) is 22.5 Å². The number of aryl methyl sites for hydroxylation is 1. The smallest absolute Gasteiger partial charge is 0.264 e. The maximum Gasteiger partial charge on any atom is 0.264 e. The molecule has 164 valence electrons. The van der Waals surface area contributed by atoms with Gasteiger partial charge in [-0.1, -0.05) is 42.5 Å². The van der Waals surface area contributed by atoms with E-state index in [1.54, 1.807) is 36.4 Å². The minimum absolute atomic E-state index is 0.180. The number of rotatable bonds is 6. The van der Waals surface area contributed by atoms with Crippen LogP contribution in [0.25, 0.3) is 22.2 Å². The Labute approximate surface area is 185 Å². The molecule has 0 bridgehead atoms. The van der Waals surface area contributed by atoms with Crippen LogP contribution in [0.5, 0.6) is 0 Å². The van der Waals surface area contributed by atoms with E-state index in [0.29, 0.717) is 17.6 Å². The summed E-state index contributed by atoms with van der Waals surface area (Å²) < 4.78 is 41.5. The number of imidazole rings is 1. The van der Waals surface area contributed by atoms with Gasteiger partial charge < -0.3 is 4.57 Å². The Kier molecular flexibility index (Phi) is 5.80. The lowest BCUT2D eigenvalue weighted by Gasteiger charge is -2.10. The lowest BCUT2D eigenvalue weighted by Crippen LogP contribution is -2.31. The maximum atomic E-state index is 14.1. The van der Waals surface area contributed by atoms with Gasteiger partial charge in [-0.05, 0) is 49.2 Å². The second-order valence-electron chi connectivity index (χ2n) is 7.46. The normalized spacial score (nSPS) is 11.6. The van der Waals surface area contributed by atoms with Crippen molar-refractivity contribution in [1.82, 2.24) is 14.3 Å². The van der Waals surface area contributed by atoms with Crippen molar-refractivity contribution in [1.29, 1.82) is 0 Å². The van der Waals surface area contributed by atoms with E-state index in [1.165, 1.54) is 13.0 Å². The van der Waals surface area contributed by atoms with Crippen molar-refractivity contribution in [2.75, 3.05) is 5.75 Å². The number of hydrogen-bond acceptors (Lipinski definition) is 4. The van der Waals surface area contributed by atoms with Crippen molar-refractivity contribution in [2.45, 2.75) is 20.4 Å². The molecule has 0 atom stereocenters. The van der Waals surface area contributed by atoms with Crippen molar-refractivity contribution in [3.05, 3.63) is 89.5 Å². The highest BCUT2D eigenvalue weighted by molar-refractivity contribution is 7.90. The first-order valence-electron chi connectivity index (χ1n) is 10.1. The number of carbonyl (C=O) groups excluding carboxylic acids is 1. The van der Waals surface area contributed by atoms with Crippen LogP contribution in [0.1, 0.15) is 28.7 Å². The third kappa shape index (κ3) is 4.40. The number of hydrogen-bond donors (Lipinski definition) is 1. The predicted octanol–water partition coefficient (Wildman–Crippen LogP) is 4.28. The Morgan fingerprint density at radius 3 is 2.47 bits per heavy atom. The van der Waals surface area contributed by atoms with E-state index in [2.05, 4.69) is 9.71 Å². The number of nitrogens with zero attached hydrogens (tertiary/aromatic N) is 2. The fraction of sp³-hybridized carbons (Fsp3) is 0.167. The summed E-state index contributed by atoms with van der Waals surface area (Å²) in [4.78, 5) is 16.9. The lowest BCUT2D eigenvalue weighted by atomic mass is 10.0. The zero-order valence-electron chi connectivity index (χ0n) is 17.7. The number of benzene rings is 3. The number of aromatic nitrogens is 2. The Morgan fingerprint density at radius 1 is 1.06 bits per heavy atom. The molecule has 0 fully saturated rings. The molecule has 0 aliphatic heterocycles. The highest BCUT2D eigenvalue weighted by Gasteiger charge is 2.16. The molecule has 0 radical (unpaired) electrons. The van der Waals surface area contributed by atoms with E-state index >= 15 is 0 Å². The van der Waals surface area contributed by atoms with Crippen molar-refractivity contribution >= 4 is 27.0 Å². The van der Waals surface area contributed by atoms with Gasteiger partial charge in [0, 0.05) is 17.7 Å². The standard InChI is InChI=1S/C24H22FN3O3S/c1-3-32(30,31)27-24(29)19-12-13-22-23(14-19)28(16(2)26-22)15-17-8-10-18(11-9-17)20-6-4-5-7-21(20)25/h4-14H,3,15H2,1-2H3,(H,27,29). The summed E-state index contributed by atoms with van der Waals surface area (Å²) in [5, 5.41) is 0. The Hall–Kier alpha value is -3.52. The SMILES string of the molecule is CCS(=O)(=O)NC(=O)c1ccc2nc(C)n(Cc3ccc(-c4ccccc4F)cc3)c2c1. The van der Waals surface area contributed by atoms with E-state index in [4.69, 9.17) is 0 Å². The third-order valence-electron chi connectivity index (χ3n) is 5.31. The molecular weight excluding hydrogens is 429 g/mol. The minimum Gasteiger partial charge on any atom is -0.324 e. The number of carbonyl (C=O) groups is 1. The maximum absolute atomic E-state index is 14.1. The van der Waals surface area contributed by atoms with Gasteiger partial charge in [0.25, 0.3) is 5.91 Å². The Bertz CT molecular complexity index is 1410. The molecule has 4 rings (SSSR count). The number of sulfonamides is 1. The Balaban J connectivity index is 1.63. The number of nitrogens with one attached hydrogen (secondary N) is 1. The van der Waals surface area contributed by atoms with E-state index in [9.17, 15) is 17.6 Å².